The largest absolute Gasteiger partial charge is 0.504 e. The van der Waals surface area contributed by atoms with E-state index in [0.717, 1.165) is 18.1 Å². The molecule has 0 unspecified atom stereocenters. The van der Waals surface area contributed by atoms with Crippen LogP contribution >= 0.6 is 0 Å². The number of hydrogen-bond acceptors (Lipinski definition) is 12. The third-order valence-electron chi connectivity index (χ3n) is 5.64. The minimum atomic E-state index is -0.494. The lowest BCUT2D eigenvalue weighted by Crippen LogP contribution is -2.40. The summed E-state index contributed by atoms with van der Waals surface area (Å²) >= 11 is 0. The highest BCUT2D eigenvalue weighted by Crippen LogP contribution is 2.11. The van der Waals surface area contributed by atoms with Crippen molar-refractivity contribution >= 4 is 5.78 Å². The normalized spacial score (nSPS) is 13.6. The summed E-state index contributed by atoms with van der Waals surface area (Å²) in [7, 11) is 0. The predicted octanol–water partition coefficient (Wildman–Crippen LogP) is 0.116. The molecule has 0 saturated carbocycles. The first-order valence-electron chi connectivity index (χ1n) is 11.9. The van der Waals surface area contributed by atoms with Gasteiger partial charge in [-0.25, -0.2) is 0 Å². The Morgan fingerprint density at radius 2 is 1.24 bits per heavy atom. The van der Waals surface area contributed by atoms with E-state index in [1.165, 1.54) is 24.3 Å². The number of carbonyl (C=O) groups excluding carboxylic acids is 1. The number of aliphatic hydroxyl groups excluding tert-OH is 1. The molecule has 0 fully saturated rings. The third-order valence-corrected chi connectivity index (χ3v) is 5.64. The van der Waals surface area contributed by atoms with Gasteiger partial charge in [-0.2, -0.15) is 0 Å². The molecule has 0 aliphatic heterocycles. The lowest BCUT2D eigenvalue weighted by Gasteiger charge is -2.23. The van der Waals surface area contributed by atoms with Crippen LogP contribution in [0.15, 0.2) is 66.6 Å². The van der Waals surface area contributed by atoms with Gasteiger partial charge in [0.25, 0.3) is 0 Å². The van der Waals surface area contributed by atoms with E-state index in [-0.39, 0.29) is 11.5 Å². The van der Waals surface area contributed by atoms with Gasteiger partial charge < -0.3 is 40.1 Å². The zero-order chi connectivity index (χ0) is 26.6. The van der Waals surface area contributed by atoms with Gasteiger partial charge in [0.2, 0.25) is 16.6 Å². The standard InChI is InChI=1S/C25H32N4O8/c30-20-2-1-17(9-21(20)31)12-26-3-6-29(7-4-27-13-18-10-22(32)24(34)15-36-18)8-5-28-14-19-11-23(33)25(35)16-37-19/h2,9-11,15-16,26-28,30,34-35H,1,3-8,12-14H2. The molecule has 1 aliphatic rings. The smallest absolute Gasteiger partial charge is 0.226 e. The second-order valence-electron chi connectivity index (χ2n) is 8.52. The molecule has 12 heteroatoms. The van der Waals surface area contributed by atoms with Crippen LogP contribution in [0.5, 0.6) is 11.5 Å². The maximum atomic E-state index is 11.6. The number of aromatic hydroxyl groups is 2. The van der Waals surface area contributed by atoms with Crippen molar-refractivity contribution in [1.29, 1.82) is 0 Å². The molecule has 0 radical (unpaired) electrons. The summed E-state index contributed by atoms with van der Waals surface area (Å²) < 4.78 is 10.4. The summed E-state index contributed by atoms with van der Waals surface area (Å²) in [5.74, 6) is -0.610. The average Bonchev–Trinajstić information content (AvgIpc) is 2.87. The van der Waals surface area contributed by atoms with Crippen LogP contribution in [0.3, 0.4) is 0 Å². The molecule has 0 spiro atoms. The maximum absolute atomic E-state index is 11.6. The quantitative estimate of drug-likeness (QED) is 0.176. The van der Waals surface area contributed by atoms with E-state index in [1.807, 2.05) is 0 Å². The van der Waals surface area contributed by atoms with Crippen molar-refractivity contribution in [3.63, 3.8) is 0 Å². The summed E-state index contributed by atoms with van der Waals surface area (Å²) in [6.07, 6.45) is 5.53. The van der Waals surface area contributed by atoms with Gasteiger partial charge >= 0.3 is 0 Å². The van der Waals surface area contributed by atoms with E-state index in [2.05, 4.69) is 20.9 Å². The zero-order valence-corrected chi connectivity index (χ0v) is 20.4. The number of ketones is 1. The Morgan fingerprint density at radius 3 is 1.70 bits per heavy atom. The van der Waals surface area contributed by atoms with E-state index in [0.29, 0.717) is 76.8 Å². The molecule has 0 aromatic carbocycles. The molecule has 3 rings (SSSR count). The lowest BCUT2D eigenvalue weighted by atomic mass is 10.0. The van der Waals surface area contributed by atoms with Gasteiger partial charge in [-0.3, -0.25) is 19.3 Å². The monoisotopic (exact) mass is 516 g/mol. The van der Waals surface area contributed by atoms with Crippen LogP contribution in [0.1, 0.15) is 17.9 Å². The number of aliphatic hydroxyl groups is 1. The van der Waals surface area contributed by atoms with Crippen molar-refractivity contribution in [2.45, 2.75) is 19.5 Å². The fourth-order valence-electron chi connectivity index (χ4n) is 3.56. The Labute approximate surface area is 212 Å². The number of nitrogens with zero attached hydrogens (tertiary/aromatic N) is 1. The summed E-state index contributed by atoms with van der Waals surface area (Å²) in [5.41, 5.74) is -0.0815. The first-order valence-corrected chi connectivity index (χ1v) is 11.9. The highest BCUT2D eigenvalue weighted by Gasteiger charge is 2.12. The highest BCUT2D eigenvalue weighted by molar-refractivity contribution is 6.03. The number of allylic oxidation sites excluding steroid dienone is 2. The Hall–Kier alpha value is -3.71. The van der Waals surface area contributed by atoms with Gasteiger partial charge in [0.15, 0.2) is 17.3 Å². The minimum absolute atomic E-state index is 0.215. The topological polar surface area (TPSA) is 178 Å². The second-order valence-corrected chi connectivity index (χ2v) is 8.52. The number of hydrogen-bond donors (Lipinski definition) is 6. The Kier molecular flexibility index (Phi) is 10.6. The lowest BCUT2D eigenvalue weighted by molar-refractivity contribution is -0.113. The molecule has 37 heavy (non-hydrogen) atoms. The van der Waals surface area contributed by atoms with Gasteiger partial charge in [0, 0.05) is 57.9 Å². The third kappa shape index (κ3) is 9.35. The van der Waals surface area contributed by atoms with Crippen LogP contribution in [0.2, 0.25) is 0 Å². The molecule has 12 nitrogen and oxygen atoms in total. The molecule has 0 amide bonds. The average molecular weight is 517 g/mol. The Balaban J connectivity index is 1.43. The molecule has 0 atom stereocenters. The van der Waals surface area contributed by atoms with Crippen molar-refractivity contribution in [3.8, 4) is 11.5 Å². The SMILES string of the molecule is O=C1C=C(CNCCN(CCNCc2cc(=O)c(O)co2)CCNCc2cc(=O)c(O)co2)CC=C1O. The Morgan fingerprint density at radius 1 is 0.757 bits per heavy atom. The molecular formula is C25H32N4O8. The molecular weight excluding hydrogens is 484 g/mol. The van der Waals surface area contributed by atoms with Crippen LogP contribution < -0.4 is 26.8 Å². The number of nitrogens with one attached hydrogen (secondary N) is 3. The second kappa shape index (κ2) is 14.1. The van der Waals surface area contributed by atoms with Gasteiger partial charge in [-0.1, -0.05) is 0 Å². The van der Waals surface area contributed by atoms with Crippen LogP contribution in [0.25, 0.3) is 0 Å². The molecule has 2 heterocycles. The summed E-state index contributed by atoms with van der Waals surface area (Å²) in [5, 5.41) is 37.7. The first kappa shape index (κ1) is 27.9. The van der Waals surface area contributed by atoms with E-state index < -0.39 is 22.4 Å². The molecule has 2 aromatic rings. The van der Waals surface area contributed by atoms with E-state index in [4.69, 9.17) is 8.83 Å². The van der Waals surface area contributed by atoms with E-state index >= 15 is 0 Å². The van der Waals surface area contributed by atoms with Gasteiger partial charge in [-0.05, 0) is 24.1 Å². The van der Waals surface area contributed by atoms with Gasteiger partial charge in [-0.15, -0.1) is 0 Å². The first-order chi connectivity index (χ1) is 17.8. The van der Waals surface area contributed by atoms with Crippen LogP contribution in [-0.2, 0) is 17.9 Å². The number of rotatable bonds is 15. The summed E-state index contributed by atoms with van der Waals surface area (Å²) in [6.45, 7) is 5.21. The summed E-state index contributed by atoms with van der Waals surface area (Å²) in [4.78, 5) is 36.9. The minimum Gasteiger partial charge on any atom is -0.504 e. The summed E-state index contributed by atoms with van der Waals surface area (Å²) in [6, 6.07) is 2.49. The fourth-order valence-corrected chi connectivity index (χ4v) is 3.56. The van der Waals surface area contributed by atoms with Crippen molar-refractivity contribution in [2.24, 2.45) is 0 Å². The van der Waals surface area contributed by atoms with E-state index in [9.17, 15) is 29.7 Å². The molecule has 0 bridgehead atoms. The molecule has 2 aromatic heterocycles. The number of carbonyl (C=O) groups is 1. The van der Waals surface area contributed by atoms with Gasteiger partial charge in [0.05, 0.1) is 13.1 Å². The van der Waals surface area contributed by atoms with Crippen LogP contribution in [0.4, 0.5) is 0 Å². The van der Waals surface area contributed by atoms with Crippen molar-refractivity contribution in [1.82, 2.24) is 20.9 Å². The van der Waals surface area contributed by atoms with Gasteiger partial charge in [0.1, 0.15) is 24.0 Å². The van der Waals surface area contributed by atoms with Crippen molar-refractivity contribution in [2.75, 3.05) is 45.8 Å². The molecule has 200 valence electrons. The fraction of sp³-hybridized carbons (Fsp3) is 0.400. The Bertz CT molecular complexity index is 1170. The van der Waals surface area contributed by atoms with Crippen LogP contribution in [0, 0.1) is 0 Å². The predicted molar refractivity (Wildman–Crippen MR) is 134 cm³/mol. The van der Waals surface area contributed by atoms with Crippen molar-refractivity contribution < 1.29 is 28.9 Å². The highest BCUT2D eigenvalue weighted by atomic mass is 16.4. The molecule has 0 saturated heterocycles. The molecule has 6 N–H and O–H groups in total. The maximum Gasteiger partial charge on any atom is 0.226 e. The van der Waals surface area contributed by atoms with E-state index in [1.54, 1.807) is 0 Å². The molecule has 1 aliphatic carbocycles. The van der Waals surface area contributed by atoms with Crippen molar-refractivity contribution in [3.05, 3.63) is 80.1 Å². The van der Waals surface area contributed by atoms with Crippen LogP contribution in [-0.4, -0.2) is 71.8 Å². The zero-order valence-electron chi connectivity index (χ0n) is 20.4.